The Morgan fingerprint density at radius 2 is 2.20 bits per heavy atom. The van der Waals surface area contributed by atoms with Crippen molar-refractivity contribution in [2.75, 3.05) is 20.1 Å². The van der Waals surface area contributed by atoms with Crippen molar-refractivity contribution in [2.24, 2.45) is 5.73 Å². The number of nitrogens with zero attached hydrogens (tertiary/aromatic N) is 1. The topological polar surface area (TPSA) is 29.3 Å². The second-order valence-corrected chi connectivity index (χ2v) is 2.53. The average molecular weight is 142 g/mol. The van der Waals surface area contributed by atoms with Crippen LogP contribution in [0.4, 0.5) is 0 Å². The lowest BCUT2D eigenvalue weighted by Crippen LogP contribution is -2.24. The molecule has 2 N–H and O–H groups in total. The van der Waals surface area contributed by atoms with Crippen molar-refractivity contribution < 1.29 is 0 Å². The van der Waals surface area contributed by atoms with Gasteiger partial charge in [0.2, 0.25) is 0 Å². The van der Waals surface area contributed by atoms with E-state index in [2.05, 4.69) is 18.4 Å². The zero-order valence-corrected chi connectivity index (χ0v) is 7.06. The summed E-state index contributed by atoms with van der Waals surface area (Å²) >= 11 is 0. The number of allylic oxidation sites excluding steroid dienone is 1. The minimum absolute atomic E-state index is 0.708. The van der Waals surface area contributed by atoms with Gasteiger partial charge in [-0.05, 0) is 6.42 Å². The first-order chi connectivity index (χ1) is 4.72. The van der Waals surface area contributed by atoms with Gasteiger partial charge < -0.3 is 10.6 Å². The lowest BCUT2D eigenvalue weighted by Gasteiger charge is -2.19. The maximum atomic E-state index is 5.38. The summed E-state index contributed by atoms with van der Waals surface area (Å²) in [5.41, 5.74) is 6.57. The Morgan fingerprint density at radius 1 is 1.60 bits per heavy atom. The van der Waals surface area contributed by atoms with E-state index >= 15 is 0 Å². The smallest absolute Gasteiger partial charge is 0.0294 e. The Kier molecular flexibility index (Phi) is 5.03. The summed E-state index contributed by atoms with van der Waals surface area (Å²) < 4.78 is 0. The highest BCUT2D eigenvalue weighted by atomic mass is 15.1. The van der Waals surface area contributed by atoms with Crippen LogP contribution in [0.3, 0.4) is 0 Å². The van der Waals surface area contributed by atoms with Crippen LogP contribution in [0.5, 0.6) is 0 Å². The van der Waals surface area contributed by atoms with Gasteiger partial charge in [0.15, 0.2) is 0 Å². The Hall–Kier alpha value is -0.500. The van der Waals surface area contributed by atoms with Gasteiger partial charge in [0, 0.05) is 25.8 Å². The lowest BCUT2D eigenvalue weighted by atomic mass is 10.2. The highest BCUT2D eigenvalue weighted by Gasteiger charge is 1.97. The van der Waals surface area contributed by atoms with Crippen molar-refractivity contribution in [2.45, 2.75) is 19.8 Å². The van der Waals surface area contributed by atoms with Crippen LogP contribution < -0.4 is 5.73 Å². The van der Waals surface area contributed by atoms with Crippen molar-refractivity contribution in [3.05, 3.63) is 12.3 Å². The first-order valence-electron chi connectivity index (χ1n) is 3.81. The molecular formula is C8H18N2. The molecule has 0 rings (SSSR count). The standard InChI is InChI=1S/C8H18N2/c1-4-5-8(2)10(3)7-6-9/h2,4-7,9H2,1,3H3. The van der Waals surface area contributed by atoms with Crippen molar-refractivity contribution in [3.63, 3.8) is 0 Å². The molecule has 0 saturated heterocycles. The van der Waals surface area contributed by atoms with E-state index in [4.69, 9.17) is 5.73 Å². The van der Waals surface area contributed by atoms with E-state index < -0.39 is 0 Å². The fourth-order valence-corrected chi connectivity index (χ4v) is 0.831. The third-order valence-electron chi connectivity index (χ3n) is 1.54. The van der Waals surface area contributed by atoms with E-state index in [0.717, 1.165) is 19.4 Å². The van der Waals surface area contributed by atoms with E-state index in [1.807, 2.05) is 7.05 Å². The fourth-order valence-electron chi connectivity index (χ4n) is 0.831. The molecule has 0 aromatic heterocycles. The van der Waals surface area contributed by atoms with Gasteiger partial charge in [-0.25, -0.2) is 0 Å². The zero-order chi connectivity index (χ0) is 7.98. The van der Waals surface area contributed by atoms with Crippen LogP contribution in [-0.4, -0.2) is 25.0 Å². The summed E-state index contributed by atoms with van der Waals surface area (Å²) in [6.07, 6.45) is 2.24. The van der Waals surface area contributed by atoms with E-state index in [1.165, 1.54) is 5.70 Å². The molecule has 0 atom stereocenters. The van der Waals surface area contributed by atoms with Gasteiger partial charge in [0.1, 0.15) is 0 Å². The normalized spacial score (nSPS) is 9.50. The van der Waals surface area contributed by atoms with Crippen molar-refractivity contribution in [1.82, 2.24) is 4.90 Å². The third-order valence-corrected chi connectivity index (χ3v) is 1.54. The molecule has 0 bridgehead atoms. The van der Waals surface area contributed by atoms with Crippen LogP contribution in [0.2, 0.25) is 0 Å². The molecule has 0 amide bonds. The van der Waals surface area contributed by atoms with Gasteiger partial charge in [-0.1, -0.05) is 19.9 Å². The maximum absolute atomic E-state index is 5.38. The van der Waals surface area contributed by atoms with E-state index in [0.29, 0.717) is 6.54 Å². The molecule has 2 heteroatoms. The molecule has 0 aromatic carbocycles. The van der Waals surface area contributed by atoms with Gasteiger partial charge in [0.25, 0.3) is 0 Å². The largest absolute Gasteiger partial charge is 0.377 e. The summed E-state index contributed by atoms with van der Waals surface area (Å²) in [5, 5.41) is 0. The molecule has 0 aliphatic rings. The Balaban J connectivity index is 3.49. The molecule has 0 aliphatic carbocycles. The third kappa shape index (κ3) is 3.51. The minimum Gasteiger partial charge on any atom is -0.377 e. The highest BCUT2D eigenvalue weighted by molar-refractivity contribution is 4.91. The lowest BCUT2D eigenvalue weighted by molar-refractivity contribution is 0.412. The predicted molar refractivity (Wildman–Crippen MR) is 45.7 cm³/mol. The Morgan fingerprint density at radius 3 is 2.60 bits per heavy atom. The van der Waals surface area contributed by atoms with Crippen molar-refractivity contribution in [1.29, 1.82) is 0 Å². The second kappa shape index (κ2) is 5.30. The molecule has 2 nitrogen and oxygen atoms in total. The maximum Gasteiger partial charge on any atom is 0.0294 e. The Bertz CT molecular complexity index is 99.4. The first kappa shape index (κ1) is 9.50. The zero-order valence-electron chi connectivity index (χ0n) is 7.06. The van der Waals surface area contributed by atoms with Crippen LogP contribution in [0.25, 0.3) is 0 Å². The molecule has 0 unspecified atom stereocenters. The van der Waals surface area contributed by atoms with Gasteiger partial charge in [-0.2, -0.15) is 0 Å². The summed E-state index contributed by atoms with van der Waals surface area (Å²) in [4.78, 5) is 2.11. The van der Waals surface area contributed by atoms with Gasteiger partial charge in [0.05, 0.1) is 0 Å². The molecular weight excluding hydrogens is 124 g/mol. The molecule has 0 fully saturated rings. The molecule has 0 heterocycles. The number of likely N-dealkylation sites (N-methyl/N-ethyl adjacent to an activating group) is 1. The average Bonchev–Trinajstić information content (AvgIpc) is 1.89. The number of nitrogens with two attached hydrogens (primary N) is 1. The fraction of sp³-hybridized carbons (Fsp3) is 0.750. The van der Waals surface area contributed by atoms with Crippen LogP contribution in [0.15, 0.2) is 12.3 Å². The number of hydrogen-bond donors (Lipinski definition) is 1. The Labute approximate surface area is 63.7 Å². The van der Waals surface area contributed by atoms with Crippen molar-refractivity contribution >= 4 is 0 Å². The molecule has 0 aromatic rings. The summed E-state index contributed by atoms with van der Waals surface area (Å²) in [6, 6.07) is 0. The molecule has 0 saturated carbocycles. The van der Waals surface area contributed by atoms with E-state index in [9.17, 15) is 0 Å². The summed E-state index contributed by atoms with van der Waals surface area (Å²) in [6.45, 7) is 7.71. The van der Waals surface area contributed by atoms with Crippen molar-refractivity contribution in [3.8, 4) is 0 Å². The van der Waals surface area contributed by atoms with E-state index in [1.54, 1.807) is 0 Å². The van der Waals surface area contributed by atoms with Gasteiger partial charge >= 0.3 is 0 Å². The SMILES string of the molecule is C=C(CCC)N(C)CCN. The molecule has 0 aliphatic heterocycles. The first-order valence-corrected chi connectivity index (χ1v) is 3.81. The van der Waals surface area contributed by atoms with Crippen LogP contribution in [0.1, 0.15) is 19.8 Å². The van der Waals surface area contributed by atoms with Crippen LogP contribution in [-0.2, 0) is 0 Å². The molecule has 10 heavy (non-hydrogen) atoms. The molecule has 0 radical (unpaired) electrons. The van der Waals surface area contributed by atoms with Crippen LogP contribution in [0, 0.1) is 0 Å². The molecule has 60 valence electrons. The monoisotopic (exact) mass is 142 g/mol. The highest BCUT2D eigenvalue weighted by Crippen LogP contribution is 2.04. The minimum atomic E-state index is 0.708. The van der Waals surface area contributed by atoms with E-state index in [-0.39, 0.29) is 0 Å². The van der Waals surface area contributed by atoms with Gasteiger partial charge in [-0.3, -0.25) is 0 Å². The van der Waals surface area contributed by atoms with Crippen LogP contribution >= 0.6 is 0 Å². The predicted octanol–water partition coefficient (Wildman–Crippen LogP) is 1.19. The number of rotatable bonds is 5. The summed E-state index contributed by atoms with van der Waals surface area (Å²) in [5.74, 6) is 0. The summed E-state index contributed by atoms with van der Waals surface area (Å²) in [7, 11) is 2.03. The van der Waals surface area contributed by atoms with Gasteiger partial charge in [-0.15, -0.1) is 0 Å². The number of hydrogen-bond acceptors (Lipinski definition) is 2. The second-order valence-electron chi connectivity index (χ2n) is 2.53. The quantitative estimate of drug-likeness (QED) is 0.624. The molecule has 0 spiro atoms.